The molecular formula is C13H18. The molecule has 1 aliphatic rings. The molecule has 0 saturated heterocycles. The van der Waals surface area contributed by atoms with Crippen LogP contribution in [0.15, 0.2) is 18.2 Å². The summed E-state index contributed by atoms with van der Waals surface area (Å²) in [7, 11) is 0. The highest BCUT2D eigenvalue weighted by Gasteiger charge is 2.21. The second-order valence-corrected chi connectivity index (χ2v) is 5.05. The molecule has 1 aromatic rings. The van der Waals surface area contributed by atoms with Crippen LogP contribution in [0.1, 0.15) is 43.9 Å². The summed E-state index contributed by atoms with van der Waals surface area (Å²) in [6, 6.07) is 6.80. The molecule has 0 heteroatoms. The number of rotatable bonds is 0. The van der Waals surface area contributed by atoms with Crippen LogP contribution in [0.5, 0.6) is 0 Å². The number of hydrogen-bond acceptors (Lipinski definition) is 0. The minimum absolute atomic E-state index is 0.315. The van der Waals surface area contributed by atoms with Crippen molar-refractivity contribution in [2.45, 2.75) is 45.4 Å². The first-order valence-electron chi connectivity index (χ1n) is 5.20. The van der Waals surface area contributed by atoms with E-state index in [2.05, 4.69) is 39.0 Å². The van der Waals surface area contributed by atoms with Gasteiger partial charge in [0.15, 0.2) is 0 Å². The van der Waals surface area contributed by atoms with E-state index < -0.39 is 0 Å². The Hall–Kier alpha value is -0.780. The van der Waals surface area contributed by atoms with Crippen LogP contribution in [0.25, 0.3) is 0 Å². The number of aryl methyl sites for hydroxylation is 1. The summed E-state index contributed by atoms with van der Waals surface area (Å²) in [6.07, 6.45) is 3.93. The molecule has 0 amide bonds. The van der Waals surface area contributed by atoms with Gasteiger partial charge in [-0.3, -0.25) is 0 Å². The van der Waals surface area contributed by atoms with Crippen molar-refractivity contribution in [1.29, 1.82) is 0 Å². The van der Waals surface area contributed by atoms with Gasteiger partial charge in [0.1, 0.15) is 0 Å². The van der Waals surface area contributed by atoms with E-state index in [0.717, 1.165) is 0 Å². The van der Waals surface area contributed by atoms with Gasteiger partial charge in [0.2, 0.25) is 0 Å². The quantitative estimate of drug-likeness (QED) is 0.565. The molecule has 0 aromatic heterocycles. The van der Waals surface area contributed by atoms with Crippen LogP contribution in [0, 0.1) is 0 Å². The van der Waals surface area contributed by atoms with Crippen molar-refractivity contribution >= 4 is 0 Å². The highest BCUT2D eigenvalue weighted by molar-refractivity contribution is 5.41. The first kappa shape index (κ1) is 8.80. The van der Waals surface area contributed by atoms with Gasteiger partial charge in [-0.2, -0.15) is 0 Å². The second kappa shape index (κ2) is 2.87. The Morgan fingerprint density at radius 2 is 1.85 bits per heavy atom. The summed E-state index contributed by atoms with van der Waals surface area (Å²) in [6.45, 7) is 6.92. The molecule has 0 atom stereocenters. The lowest BCUT2D eigenvalue weighted by Gasteiger charge is -2.22. The fourth-order valence-corrected chi connectivity index (χ4v) is 2.32. The Bertz CT molecular complexity index is 315. The van der Waals surface area contributed by atoms with Crippen molar-refractivity contribution < 1.29 is 0 Å². The molecule has 0 bridgehead atoms. The van der Waals surface area contributed by atoms with Crippen LogP contribution in [-0.2, 0) is 18.3 Å². The zero-order valence-electron chi connectivity index (χ0n) is 8.85. The third kappa shape index (κ3) is 1.50. The molecule has 0 N–H and O–H groups in total. The molecule has 13 heavy (non-hydrogen) atoms. The number of hydrogen-bond donors (Lipinski definition) is 0. The maximum Gasteiger partial charge on any atom is -0.0129 e. The second-order valence-electron chi connectivity index (χ2n) is 5.05. The Morgan fingerprint density at radius 3 is 2.54 bits per heavy atom. The van der Waals surface area contributed by atoms with Crippen molar-refractivity contribution in [3.63, 3.8) is 0 Å². The molecule has 2 rings (SSSR count). The van der Waals surface area contributed by atoms with Crippen LogP contribution in [-0.4, -0.2) is 0 Å². The lowest BCUT2D eigenvalue weighted by molar-refractivity contribution is 0.583. The van der Waals surface area contributed by atoms with E-state index in [1.54, 1.807) is 16.7 Å². The maximum absolute atomic E-state index is 2.31. The van der Waals surface area contributed by atoms with E-state index in [0.29, 0.717) is 5.41 Å². The van der Waals surface area contributed by atoms with Crippen molar-refractivity contribution in [2.24, 2.45) is 0 Å². The molecule has 0 radical (unpaired) electrons. The molecule has 0 nitrogen and oxygen atoms in total. The highest BCUT2D eigenvalue weighted by Crippen LogP contribution is 2.32. The highest BCUT2D eigenvalue weighted by atomic mass is 14.3. The SMILES string of the molecule is CC(C)(C)c1cccc2c1CCC2. The number of benzene rings is 1. The summed E-state index contributed by atoms with van der Waals surface area (Å²) in [5.41, 5.74) is 5.10. The Kier molecular flexibility index (Phi) is 1.94. The maximum atomic E-state index is 2.31. The average Bonchev–Trinajstić information content (AvgIpc) is 2.48. The van der Waals surface area contributed by atoms with Crippen LogP contribution < -0.4 is 0 Å². The van der Waals surface area contributed by atoms with E-state index in [1.165, 1.54) is 19.3 Å². The van der Waals surface area contributed by atoms with Gasteiger partial charge in [0.05, 0.1) is 0 Å². The standard InChI is InChI=1S/C13H18/c1-13(2,3)12-9-5-7-10-6-4-8-11(10)12/h5,7,9H,4,6,8H2,1-3H3. The fourth-order valence-electron chi connectivity index (χ4n) is 2.32. The van der Waals surface area contributed by atoms with Gasteiger partial charge in [-0.15, -0.1) is 0 Å². The molecule has 1 aromatic carbocycles. The van der Waals surface area contributed by atoms with Crippen molar-refractivity contribution in [1.82, 2.24) is 0 Å². The molecule has 70 valence electrons. The monoisotopic (exact) mass is 174 g/mol. The summed E-state index contributed by atoms with van der Waals surface area (Å²) < 4.78 is 0. The van der Waals surface area contributed by atoms with E-state index in [1.807, 2.05) is 0 Å². The van der Waals surface area contributed by atoms with Crippen LogP contribution in [0.2, 0.25) is 0 Å². The van der Waals surface area contributed by atoms with Gasteiger partial charge in [-0.25, -0.2) is 0 Å². The average molecular weight is 174 g/mol. The Labute approximate surface area is 81.0 Å². The van der Waals surface area contributed by atoms with E-state index in [-0.39, 0.29) is 0 Å². The van der Waals surface area contributed by atoms with Crippen molar-refractivity contribution in [3.05, 3.63) is 34.9 Å². The summed E-state index contributed by atoms with van der Waals surface area (Å²) in [5.74, 6) is 0. The first-order valence-corrected chi connectivity index (χ1v) is 5.20. The first-order chi connectivity index (χ1) is 6.09. The van der Waals surface area contributed by atoms with Crippen molar-refractivity contribution in [2.75, 3.05) is 0 Å². The van der Waals surface area contributed by atoms with E-state index >= 15 is 0 Å². The zero-order valence-corrected chi connectivity index (χ0v) is 8.85. The predicted octanol–water partition coefficient (Wildman–Crippen LogP) is 3.47. The summed E-state index contributed by atoms with van der Waals surface area (Å²) in [5, 5.41) is 0. The molecule has 0 aliphatic heterocycles. The van der Waals surface area contributed by atoms with E-state index in [4.69, 9.17) is 0 Å². The van der Waals surface area contributed by atoms with Crippen LogP contribution in [0.3, 0.4) is 0 Å². The fraction of sp³-hybridized carbons (Fsp3) is 0.538. The van der Waals surface area contributed by atoms with Gasteiger partial charge in [0, 0.05) is 0 Å². The molecule has 0 heterocycles. The molecule has 1 aliphatic carbocycles. The topological polar surface area (TPSA) is 0 Å². The van der Waals surface area contributed by atoms with Gasteiger partial charge in [0.25, 0.3) is 0 Å². The summed E-state index contributed by atoms with van der Waals surface area (Å²) >= 11 is 0. The molecule has 0 saturated carbocycles. The minimum Gasteiger partial charge on any atom is -0.0617 e. The lowest BCUT2D eigenvalue weighted by Crippen LogP contribution is -2.13. The normalized spacial score (nSPS) is 15.9. The molecule has 0 unspecified atom stereocenters. The lowest BCUT2D eigenvalue weighted by atomic mass is 9.83. The van der Waals surface area contributed by atoms with Crippen LogP contribution >= 0.6 is 0 Å². The van der Waals surface area contributed by atoms with Gasteiger partial charge in [-0.1, -0.05) is 39.0 Å². The van der Waals surface area contributed by atoms with E-state index in [9.17, 15) is 0 Å². The smallest absolute Gasteiger partial charge is 0.0129 e. The predicted molar refractivity (Wildman–Crippen MR) is 57.2 cm³/mol. The molecule has 0 fully saturated rings. The van der Waals surface area contributed by atoms with Crippen LogP contribution in [0.4, 0.5) is 0 Å². The number of fused-ring (bicyclic) bond motifs is 1. The Balaban J connectivity index is 2.54. The third-order valence-corrected chi connectivity index (χ3v) is 2.95. The zero-order chi connectivity index (χ0) is 9.47. The minimum atomic E-state index is 0.315. The molecular weight excluding hydrogens is 156 g/mol. The summed E-state index contributed by atoms with van der Waals surface area (Å²) in [4.78, 5) is 0. The molecule has 0 spiro atoms. The van der Waals surface area contributed by atoms with Gasteiger partial charge < -0.3 is 0 Å². The third-order valence-electron chi connectivity index (χ3n) is 2.95. The van der Waals surface area contributed by atoms with Crippen molar-refractivity contribution in [3.8, 4) is 0 Å². The largest absolute Gasteiger partial charge is 0.0617 e. The van der Waals surface area contributed by atoms with Gasteiger partial charge >= 0.3 is 0 Å². The Morgan fingerprint density at radius 1 is 1.08 bits per heavy atom. The van der Waals surface area contributed by atoms with Gasteiger partial charge in [-0.05, 0) is 41.4 Å².